The summed E-state index contributed by atoms with van der Waals surface area (Å²) in [5, 5.41) is 2.75. The molecule has 2 aromatic rings. The molecule has 2 aromatic carbocycles. The Balaban J connectivity index is 1.67. The summed E-state index contributed by atoms with van der Waals surface area (Å²) in [6.07, 6.45) is -0.531. The van der Waals surface area contributed by atoms with Crippen LogP contribution in [-0.2, 0) is 16.0 Å². The number of carbonyl (C=O) groups excluding carboxylic acids is 3. The van der Waals surface area contributed by atoms with Crippen molar-refractivity contribution in [3.63, 3.8) is 0 Å². The third kappa shape index (κ3) is 4.00. The van der Waals surface area contributed by atoms with Gasteiger partial charge in [-0.3, -0.25) is 9.59 Å². The summed E-state index contributed by atoms with van der Waals surface area (Å²) in [5.74, 6) is -0.923. The van der Waals surface area contributed by atoms with Crippen molar-refractivity contribution >= 4 is 23.5 Å². The zero-order valence-electron chi connectivity index (χ0n) is 15.4. The summed E-state index contributed by atoms with van der Waals surface area (Å²) in [6, 6.07) is 13.8. The predicted molar refractivity (Wildman–Crippen MR) is 102 cm³/mol. The molecule has 1 heterocycles. The molecule has 0 aliphatic carbocycles. The minimum atomic E-state index is -0.871. The zero-order chi connectivity index (χ0) is 19.4. The molecule has 1 aliphatic heterocycles. The Bertz CT molecular complexity index is 857. The Labute approximate surface area is 158 Å². The zero-order valence-corrected chi connectivity index (χ0v) is 15.4. The molecule has 0 saturated heterocycles. The van der Waals surface area contributed by atoms with Crippen molar-refractivity contribution in [1.82, 2.24) is 4.90 Å². The fraction of sp³-hybridized carbons (Fsp3) is 0.286. The van der Waals surface area contributed by atoms with E-state index in [4.69, 9.17) is 4.74 Å². The quantitative estimate of drug-likeness (QED) is 0.826. The monoisotopic (exact) mass is 366 g/mol. The minimum Gasteiger partial charge on any atom is -0.448 e. The van der Waals surface area contributed by atoms with Gasteiger partial charge in [0.15, 0.2) is 6.10 Å². The minimum absolute atomic E-state index is 0.0457. The van der Waals surface area contributed by atoms with Crippen LogP contribution < -0.4 is 5.32 Å². The van der Waals surface area contributed by atoms with E-state index in [-0.39, 0.29) is 11.8 Å². The molecule has 6 heteroatoms. The van der Waals surface area contributed by atoms with E-state index in [1.165, 1.54) is 0 Å². The topological polar surface area (TPSA) is 75.7 Å². The van der Waals surface area contributed by atoms with Crippen molar-refractivity contribution in [2.75, 3.05) is 18.4 Å². The van der Waals surface area contributed by atoms with E-state index in [1.54, 1.807) is 41.3 Å². The van der Waals surface area contributed by atoms with Gasteiger partial charge in [-0.2, -0.15) is 0 Å². The predicted octanol–water partition coefficient (Wildman–Crippen LogP) is 2.89. The number of ether oxygens (including phenoxy) is 1. The molecule has 3 rings (SSSR count). The maximum Gasteiger partial charge on any atom is 0.339 e. The second kappa shape index (κ2) is 8.03. The van der Waals surface area contributed by atoms with Crippen molar-refractivity contribution in [1.29, 1.82) is 0 Å². The van der Waals surface area contributed by atoms with Crippen LogP contribution in [0.4, 0.5) is 5.69 Å². The average molecular weight is 366 g/mol. The number of amides is 2. The number of esters is 1. The van der Waals surface area contributed by atoms with Crippen molar-refractivity contribution in [3.05, 3.63) is 65.2 Å². The molecule has 1 unspecified atom stereocenters. The second-order valence-corrected chi connectivity index (χ2v) is 6.30. The lowest BCUT2D eigenvalue weighted by atomic mass is 9.98. The highest BCUT2D eigenvalue weighted by molar-refractivity contribution is 6.00. The van der Waals surface area contributed by atoms with Gasteiger partial charge in [0.2, 0.25) is 0 Å². The maximum atomic E-state index is 12.5. The molecule has 0 saturated carbocycles. The van der Waals surface area contributed by atoms with Crippen molar-refractivity contribution in [2.24, 2.45) is 0 Å². The third-order valence-electron chi connectivity index (χ3n) is 4.63. The average Bonchev–Trinajstić information content (AvgIpc) is 2.69. The molecular weight excluding hydrogens is 344 g/mol. The fourth-order valence-electron chi connectivity index (χ4n) is 3.09. The first-order valence-corrected chi connectivity index (χ1v) is 9.02. The number of rotatable bonds is 5. The Kier molecular flexibility index (Phi) is 5.54. The largest absolute Gasteiger partial charge is 0.448 e. The van der Waals surface area contributed by atoms with Crippen LogP contribution in [0.2, 0.25) is 0 Å². The van der Waals surface area contributed by atoms with E-state index in [2.05, 4.69) is 5.32 Å². The van der Waals surface area contributed by atoms with Gasteiger partial charge in [-0.25, -0.2) is 4.79 Å². The van der Waals surface area contributed by atoms with E-state index in [0.29, 0.717) is 36.3 Å². The van der Waals surface area contributed by atoms with Gasteiger partial charge in [0.1, 0.15) is 0 Å². The Morgan fingerprint density at radius 2 is 1.74 bits per heavy atom. The van der Waals surface area contributed by atoms with Crippen LogP contribution in [0.15, 0.2) is 48.5 Å². The summed E-state index contributed by atoms with van der Waals surface area (Å²) in [4.78, 5) is 38.6. The standard InChI is InChI=1S/C21H22N2O4/c1-3-23(4-2)20(25)14-9-11-16(12-10-14)22-19(24)18-13-15-7-5-6-8-17(15)21(26)27-18/h5-12,18H,3-4,13H2,1-2H3,(H,22,24). The van der Waals surface area contributed by atoms with E-state index in [1.807, 2.05) is 26.0 Å². The SMILES string of the molecule is CCN(CC)C(=O)c1ccc(NC(=O)C2Cc3ccccc3C(=O)O2)cc1. The van der Waals surface area contributed by atoms with Gasteiger partial charge in [-0.1, -0.05) is 18.2 Å². The van der Waals surface area contributed by atoms with E-state index >= 15 is 0 Å². The van der Waals surface area contributed by atoms with E-state index in [0.717, 1.165) is 5.56 Å². The third-order valence-corrected chi connectivity index (χ3v) is 4.63. The van der Waals surface area contributed by atoms with Crippen LogP contribution in [0, 0.1) is 0 Å². The van der Waals surface area contributed by atoms with Crippen LogP contribution in [-0.4, -0.2) is 41.9 Å². The molecule has 1 N–H and O–H groups in total. The first kappa shape index (κ1) is 18.6. The van der Waals surface area contributed by atoms with Gasteiger partial charge in [0.25, 0.3) is 11.8 Å². The molecule has 140 valence electrons. The summed E-state index contributed by atoms with van der Waals surface area (Å²) in [7, 11) is 0. The molecule has 0 spiro atoms. The number of hydrogen-bond acceptors (Lipinski definition) is 4. The van der Waals surface area contributed by atoms with Gasteiger partial charge >= 0.3 is 5.97 Å². The lowest BCUT2D eigenvalue weighted by molar-refractivity contribution is -0.125. The number of carbonyl (C=O) groups is 3. The lowest BCUT2D eigenvalue weighted by Gasteiger charge is -2.23. The molecule has 1 aliphatic rings. The molecule has 0 radical (unpaired) electrons. The van der Waals surface area contributed by atoms with Gasteiger partial charge in [0, 0.05) is 30.8 Å². The van der Waals surface area contributed by atoms with Gasteiger partial charge < -0.3 is 15.0 Å². The van der Waals surface area contributed by atoms with Crippen LogP contribution in [0.25, 0.3) is 0 Å². The Morgan fingerprint density at radius 3 is 2.41 bits per heavy atom. The molecule has 0 fully saturated rings. The number of benzene rings is 2. The lowest BCUT2D eigenvalue weighted by Crippen LogP contribution is -2.38. The number of fused-ring (bicyclic) bond motifs is 1. The molecule has 27 heavy (non-hydrogen) atoms. The molecule has 1 atom stereocenters. The fourth-order valence-corrected chi connectivity index (χ4v) is 3.09. The molecule has 2 amide bonds. The highest BCUT2D eigenvalue weighted by atomic mass is 16.5. The van der Waals surface area contributed by atoms with Crippen LogP contribution >= 0.6 is 0 Å². The summed E-state index contributed by atoms with van der Waals surface area (Å²) in [6.45, 7) is 5.14. The Hall–Kier alpha value is -3.15. The first-order valence-electron chi connectivity index (χ1n) is 9.02. The van der Waals surface area contributed by atoms with Gasteiger partial charge in [-0.05, 0) is 49.7 Å². The summed E-state index contributed by atoms with van der Waals surface area (Å²) >= 11 is 0. The first-order chi connectivity index (χ1) is 13.0. The van der Waals surface area contributed by atoms with Crippen LogP contribution in [0.3, 0.4) is 0 Å². The smallest absolute Gasteiger partial charge is 0.339 e. The normalized spacial score (nSPS) is 15.5. The highest BCUT2D eigenvalue weighted by Gasteiger charge is 2.31. The van der Waals surface area contributed by atoms with Crippen LogP contribution in [0.5, 0.6) is 0 Å². The van der Waals surface area contributed by atoms with E-state index < -0.39 is 12.1 Å². The molecule has 0 bridgehead atoms. The van der Waals surface area contributed by atoms with Crippen molar-refractivity contribution in [2.45, 2.75) is 26.4 Å². The van der Waals surface area contributed by atoms with Crippen LogP contribution in [0.1, 0.15) is 40.1 Å². The van der Waals surface area contributed by atoms with E-state index in [9.17, 15) is 14.4 Å². The number of nitrogens with one attached hydrogen (secondary N) is 1. The molecular formula is C21H22N2O4. The number of cyclic esters (lactones) is 1. The molecule has 0 aromatic heterocycles. The van der Waals surface area contributed by atoms with Crippen molar-refractivity contribution in [3.8, 4) is 0 Å². The summed E-state index contributed by atoms with van der Waals surface area (Å²) in [5.41, 5.74) is 2.41. The van der Waals surface area contributed by atoms with Gasteiger partial charge in [0.05, 0.1) is 5.56 Å². The number of nitrogens with zero attached hydrogens (tertiary/aromatic N) is 1. The number of hydrogen-bond donors (Lipinski definition) is 1. The number of anilines is 1. The summed E-state index contributed by atoms with van der Waals surface area (Å²) < 4.78 is 5.26. The van der Waals surface area contributed by atoms with Gasteiger partial charge in [-0.15, -0.1) is 0 Å². The Morgan fingerprint density at radius 1 is 1.07 bits per heavy atom. The highest BCUT2D eigenvalue weighted by Crippen LogP contribution is 2.21. The second-order valence-electron chi connectivity index (χ2n) is 6.30. The molecule has 6 nitrogen and oxygen atoms in total. The van der Waals surface area contributed by atoms with Crippen molar-refractivity contribution < 1.29 is 19.1 Å². The maximum absolute atomic E-state index is 12.5.